The van der Waals surface area contributed by atoms with Crippen molar-refractivity contribution in [2.75, 3.05) is 5.32 Å². The summed E-state index contributed by atoms with van der Waals surface area (Å²) in [6.07, 6.45) is -1.88. The lowest BCUT2D eigenvalue weighted by Gasteiger charge is -2.55. The Labute approximate surface area is 160 Å². The van der Waals surface area contributed by atoms with Crippen molar-refractivity contribution in [1.82, 2.24) is 4.90 Å². The van der Waals surface area contributed by atoms with Crippen molar-refractivity contribution in [3.8, 4) is 6.07 Å². The van der Waals surface area contributed by atoms with Crippen LogP contribution in [0.3, 0.4) is 0 Å². The van der Waals surface area contributed by atoms with Crippen LogP contribution in [0.4, 0.5) is 23.7 Å². The van der Waals surface area contributed by atoms with Gasteiger partial charge in [0, 0.05) is 28.7 Å². The molecule has 1 N–H and O–H groups in total. The van der Waals surface area contributed by atoms with Crippen LogP contribution in [0.15, 0.2) is 18.2 Å². The molecule has 0 spiro atoms. The molecule has 2 saturated carbocycles. The molecule has 4 rings (SSSR count). The summed E-state index contributed by atoms with van der Waals surface area (Å²) in [7, 11) is 0. The quantitative estimate of drug-likeness (QED) is 0.735. The van der Waals surface area contributed by atoms with Gasteiger partial charge in [-0.25, -0.2) is 4.79 Å². The van der Waals surface area contributed by atoms with E-state index in [4.69, 9.17) is 16.9 Å². The van der Waals surface area contributed by atoms with Crippen LogP contribution in [0.5, 0.6) is 0 Å². The largest absolute Gasteiger partial charge is 0.391 e. The Balaban J connectivity index is 1.43. The molecule has 2 amide bonds. The molecule has 0 aromatic heterocycles. The van der Waals surface area contributed by atoms with Gasteiger partial charge in [0.15, 0.2) is 0 Å². The predicted octanol–water partition coefficient (Wildman–Crippen LogP) is 5.30. The summed E-state index contributed by atoms with van der Waals surface area (Å²) < 4.78 is 38.7. The summed E-state index contributed by atoms with van der Waals surface area (Å²) in [5.41, 5.74) is 1.40. The van der Waals surface area contributed by atoms with E-state index >= 15 is 0 Å². The molecule has 1 aromatic carbocycles. The number of hydrogen-bond acceptors (Lipinski definition) is 2. The van der Waals surface area contributed by atoms with Crippen LogP contribution in [-0.4, -0.2) is 29.2 Å². The van der Waals surface area contributed by atoms with Crippen LogP contribution >= 0.6 is 11.6 Å². The maximum atomic E-state index is 12.9. The van der Waals surface area contributed by atoms with E-state index in [0.29, 0.717) is 17.1 Å². The molecular formula is C19H19ClF3N3O. The second-order valence-corrected chi connectivity index (χ2v) is 8.15. The van der Waals surface area contributed by atoms with Gasteiger partial charge in [0.05, 0.1) is 17.9 Å². The normalized spacial score (nSPS) is 32.1. The van der Waals surface area contributed by atoms with Gasteiger partial charge < -0.3 is 10.2 Å². The first-order valence-corrected chi connectivity index (χ1v) is 9.51. The summed E-state index contributed by atoms with van der Waals surface area (Å²) >= 11 is 6.26. The number of alkyl halides is 3. The third kappa shape index (κ3) is 3.25. The summed E-state index contributed by atoms with van der Waals surface area (Å²) in [6.45, 7) is 0. The zero-order valence-corrected chi connectivity index (χ0v) is 15.2. The number of piperidine rings is 1. The Morgan fingerprint density at radius 1 is 1.22 bits per heavy atom. The zero-order chi connectivity index (χ0) is 19.3. The van der Waals surface area contributed by atoms with E-state index in [-0.39, 0.29) is 42.8 Å². The highest BCUT2D eigenvalue weighted by atomic mass is 35.5. The number of fused-ring (bicyclic) bond motifs is 2. The third-order valence-corrected chi connectivity index (χ3v) is 6.57. The van der Waals surface area contributed by atoms with Gasteiger partial charge in [-0.15, -0.1) is 0 Å². The molecule has 4 nitrogen and oxygen atoms in total. The average molecular weight is 398 g/mol. The number of nitrogens with zero attached hydrogens (tertiary/aromatic N) is 2. The number of hydrogen-bond donors (Lipinski definition) is 1. The molecule has 1 heterocycles. The standard InChI is InChI=1S/C19H19ClF3N3O/c20-17-4-2-12(7-16(17)15-3-1-10(15)9-24)25-18(27)26-13-5-11(19(21,22)23)6-14(26)8-13/h2,4,7,10-11,13-15H,1,3,5-6,8H2,(H,25,27)/t10-,11?,13?,14?,15-/m1/s1. The summed E-state index contributed by atoms with van der Waals surface area (Å²) in [4.78, 5) is 14.1. The fourth-order valence-corrected chi connectivity index (χ4v) is 4.85. The lowest BCUT2D eigenvalue weighted by Crippen LogP contribution is -2.65. The highest BCUT2D eigenvalue weighted by molar-refractivity contribution is 6.31. The smallest absolute Gasteiger partial charge is 0.318 e. The second-order valence-electron chi connectivity index (χ2n) is 7.75. The van der Waals surface area contributed by atoms with Gasteiger partial charge in [-0.05, 0) is 55.9 Å². The molecule has 27 heavy (non-hydrogen) atoms. The molecule has 8 heteroatoms. The minimum Gasteiger partial charge on any atom is -0.318 e. The van der Waals surface area contributed by atoms with Gasteiger partial charge in [-0.2, -0.15) is 18.4 Å². The lowest BCUT2D eigenvalue weighted by atomic mass is 9.71. The van der Waals surface area contributed by atoms with Crippen LogP contribution in [0.25, 0.3) is 0 Å². The molecule has 2 aliphatic carbocycles. The number of halogens is 4. The van der Waals surface area contributed by atoms with Gasteiger partial charge in [-0.3, -0.25) is 0 Å². The van der Waals surface area contributed by atoms with E-state index in [2.05, 4.69) is 11.4 Å². The zero-order valence-electron chi connectivity index (χ0n) is 14.5. The van der Waals surface area contributed by atoms with Crippen LogP contribution in [0.1, 0.15) is 43.6 Å². The molecule has 2 unspecified atom stereocenters. The van der Waals surface area contributed by atoms with E-state index in [1.807, 2.05) is 0 Å². The summed E-state index contributed by atoms with van der Waals surface area (Å²) in [5, 5.41) is 12.5. The number of nitriles is 1. The number of likely N-dealkylation sites (tertiary alicyclic amines) is 1. The molecule has 1 aromatic rings. The number of amides is 2. The third-order valence-electron chi connectivity index (χ3n) is 6.23. The molecule has 3 fully saturated rings. The first kappa shape index (κ1) is 18.4. The first-order valence-electron chi connectivity index (χ1n) is 9.13. The van der Waals surface area contributed by atoms with Crippen molar-refractivity contribution in [1.29, 1.82) is 5.26 Å². The fourth-order valence-electron chi connectivity index (χ4n) is 4.59. The summed E-state index contributed by atoms with van der Waals surface area (Å²) in [5.74, 6) is -1.31. The SMILES string of the molecule is N#C[C@H]1CC[C@H]1c1cc(NC(=O)N2C3CC2CC(C(F)(F)F)C3)ccc1Cl. The number of anilines is 1. The fraction of sp³-hybridized carbons (Fsp3) is 0.579. The van der Waals surface area contributed by atoms with E-state index < -0.39 is 12.1 Å². The first-order chi connectivity index (χ1) is 12.8. The number of carbonyl (C=O) groups excluding carboxylic acids is 1. The maximum Gasteiger partial charge on any atom is 0.391 e. The van der Waals surface area contributed by atoms with Gasteiger partial charge in [-0.1, -0.05) is 11.6 Å². The summed E-state index contributed by atoms with van der Waals surface area (Å²) in [6, 6.07) is 6.35. The Hall–Kier alpha value is -1.94. The van der Waals surface area contributed by atoms with Crippen molar-refractivity contribution >= 4 is 23.3 Å². The van der Waals surface area contributed by atoms with Crippen LogP contribution < -0.4 is 5.32 Å². The van der Waals surface area contributed by atoms with Crippen molar-refractivity contribution in [2.45, 2.75) is 56.3 Å². The van der Waals surface area contributed by atoms with Gasteiger partial charge in [0.25, 0.3) is 0 Å². The van der Waals surface area contributed by atoms with Crippen molar-refractivity contribution in [2.24, 2.45) is 11.8 Å². The Morgan fingerprint density at radius 2 is 1.93 bits per heavy atom. The highest BCUT2D eigenvalue weighted by Crippen LogP contribution is 2.48. The number of urea groups is 1. The number of rotatable bonds is 2. The average Bonchev–Trinajstić information content (AvgIpc) is 2.56. The van der Waals surface area contributed by atoms with Crippen molar-refractivity contribution < 1.29 is 18.0 Å². The van der Waals surface area contributed by atoms with E-state index in [1.54, 1.807) is 18.2 Å². The predicted molar refractivity (Wildman–Crippen MR) is 94.4 cm³/mol. The van der Waals surface area contributed by atoms with Crippen LogP contribution in [-0.2, 0) is 0 Å². The van der Waals surface area contributed by atoms with E-state index in [1.165, 1.54) is 4.90 Å². The molecule has 144 valence electrons. The maximum absolute atomic E-state index is 12.9. The Bertz CT molecular complexity index is 794. The lowest BCUT2D eigenvalue weighted by molar-refractivity contribution is -0.205. The minimum absolute atomic E-state index is 0.0226. The van der Waals surface area contributed by atoms with Gasteiger partial charge in [0.1, 0.15) is 0 Å². The topological polar surface area (TPSA) is 56.1 Å². The molecule has 0 radical (unpaired) electrons. The molecular weight excluding hydrogens is 379 g/mol. The van der Waals surface area contributed by atoms with Crippen molar-refractivity contribution in [3.63, 3.8) is 0 Å². The molecule has 1 saturated heterocycles. The van der Waals surface area contributed by atoms with Crippen LogP contribution in [0.2, 0.25) is 5.02 Å². The second kappa shape index (κ2) is 6.59. The number of nitrogens with one attached hydrogen (secondary N) is 1. The van der Waals surface area contributed by atoms with Crippen molar-refractivity contribution in [3.05, 3.63) is 28.8 Å². The van der Waals surface area contributed by atoms with Gasteiger partial charge >= 0.3 is 12.2 Å². The minimum atomic E-state index is -4.19. The molecule has 3 aliphatic rings. The molecule has 1 aliphatic heterocycles. The molecule has 2 bridgehead atoms. The molecule has 4 atom stereocenters. The number of carbonyl (C=O) groups is 1. The Morgan fingerprint density at radius 3 is 2.48 bits per heavy atom. The monoisotopic (exact) mass is 397 g/mol. The highest BCUT2D eigenvalue weighted by Gasteiger charge is 2.54. The Kier molecular flexibility index (Phi) is 4.50. The van der Waals surface area contributed by atoms with Crippen LogP contribution in [0, 0.1) is 23.2 Å². The van der Waals surface area contributed by atoms with E-state index in [9.17, 15) is 18.0 Å². The number of benzene rings is 1. The van der Waals surface area contributed by atoms with Gasteiger partial charge in [0.2, 0.25) is 0 Å². The van der Waals surface area contributed by atoms with E-state index in [0.717, 1.165) is 18.4 Å².